The molecule has 4 aliphatic rings. The third kappa shape index (κ3) is 7.74. The third-order valence-electron chi connectivity index (χ3n) is 14.4. The number of rotatable bonds is 10. The van der Waals surface area contributed by atoms with Crippen LogP contribution in [0.15, 0.2) is 205 Å². The van der Waals surface area contributed by atoms with Crippen molar-refractivity contribution in [3.8, 4) is 0 Å². The number of benzene rings is 6. The lowest BCUT2D eigenvalue weighted by molar-refractivity contribution is -0.838. The molecular formula is C54H60B2N2O4. The zero-order chi connectivity index (χ0) is 42.6. The molecular weight excluding hydrogens is 762 g/mol. The molecule has 6 aromatic carbocycles. The Bertz CT molecular complexity index is 2180. The Morgan fingerprint density at radius 3 is 0.855 bits per heavy atom. The van der Waals surface area contributed by atoms with Crippen LogP contribution in [0.1, 0.15) is 85.5 Å². The molecule has 8 heteroatoms. The summed E-state index contributed by atoms with van der Waals surface area (Å²) in [5, 5.41) is 0. The highest BCUT2D eigenvalue weighted by Gasteiger charge is 2.66. The molecule has 0 aromatic heterocycles. The van der Waals surface area contributed by atoms with Gasteiger partial charge in [-0.05, 0) is 36.1 Å². The summed E-state index contributed by atoms with van der Waals surface area (Å²) in [7, 11) is 0. The van der Waals surface area contributed by atoms with Crippen molar-refractivity contribution in [3.63, 3.8) is 0 Å². The van der Waals surface area contributed by atoms with Crippen LogP contribution in [0, 0.1) is 0 Å². The molecule has 0 aliphatic carbocycles. The fourth-order valence-corrected chi connectivity index (χ4v) is 11.2. The van der Waals surface area contributed by atoms with Crippen molar-refractivity contribution in [2.24, 2.45) is 0 Å². The van der Waals surface area contributed by atoms with Gasteiger partial charge in [-0.3, -0.25) is 0 Å². The van der Waals surface area contributed by atoms with E-state index in [4.69, 9.17) is 18.6 Å². The molecule has 0 radical (unpaired) electrons. The van der Waals surface area contributed by atoms with Gasteiger partial charge >= 0.3 is 13.4 Å². The molecule has 4 saturated heterocycles. The van der Waals surface area contributed by atoms with E-state index in [1.807, 2.05) is 0 Å². The zero-order valence-corrected chi connectivity index (χ0v) is 36.7. The predicted octanol–water partition coefficient (Wildman–Crippen LogP) is 12.0. The van der Waals surface area contributed by atoms with E-state index in [0.717, 1.165) is 48.1 Å². The van der Waals surface area contributed by atoms with E-state index in [1.165, 1.54) is 44.3 Å². The Hall–Kier alpha value is -5.31. The lowest BCUT2D eigenvalue weighted by Gasteiger charge is -2.47. The van der Waals surface area contributed by atoms with Crippen molar-refractivity contribution in [1.82, 2.24) is 0 Å². The van der Waals surface area contributed by atoms with Crippen LogP contribution in [0.4, 0.5) is 0 Å². The first-order valence-corrected chi connectivity index (χ1v) is 22.6. The molecule has 4 aliphatic heterocycles. The molecule has 4 fully saturated rings. The summed E-state index contributed by atoms with van der Waals surface area (Å²) in [5.74, 6) is 0. The third-order valence-corrected chi connectivity index (χ3v) is 14.4. The topological polar surface area (TPSA) is 36.9 Å². The van der Waals surface area contributed by atoms with E-state index in [0.29, 0.717) is 0 Å². The van der Waals surface area contributed by atoms with Crippen molar-refractivity contribution in [1.29, 1.82) is 0 Å². The van der Waals surface area contributed by atoms with Crippen LogP contribution in [0.5, 0.6) is 0 Å². The summed E-state index contributed by atoms with van der Waals surface area (Å²) in [4.78, 5) is 0. The van der Waals surface area contributed by atoms with Crippen LogP contribution in [-0.4, -0.2) is 48.3 Å². The average molecular weight is 823 g/mol. The van der Waals surface area contributed by atoms with Crippen molar-refractivity contribution in [2.45, 2.75) is 65.2 Å². The number of allylic oxidation sites excluding steroid dienone is 4. The lowest BCUT2D eigenvalue weighted by atomic mass is 9.60. The first kappa shape index (κ1) is 42.0. The maximum absolute atomic E-state index is 6.98. The van der Waals surface area contributed by atoms with E-state index in [9.17, 15) is 0 Å². The fourth-order valence-electron chi connectivity index (χ4n) is 11.2. The average Bonchev–Trinajstić information content (AvgIpc) is 4.02. The van der Waals surface area contributed by atoms with Gasteiger partial charge in [-0.15, -0.1) is 23.1 Å². The van der Waals surface area contributed by atoms with Crippen molar-refractivity contribution < 1.29 is 27.4 Å². The summed E-state index contributed by atoms with van der Waals surface area (Å²) in [6, 6.07) is 64.0. The van der Waals surface area contributed by atoms with Gasteiger partial charge in [0.1, 0.15) is 0 Å². The van der Waals surface area contributed by atoms with Crippen LogP contribution >= 0.6 is 0 Å². The van der Waals surface area contributed by atoms with Gasteiger partial charge in [0.2, 0.25) is 0 Å². The Morgan fingerprint density at radius 1 is 0.403 bits per heavy atom. The Balaban J connectivity index is 0.000000158. The van der Waals surface area contributed by atoms with Gasteiger partial charge < -0.3 is 27.4 Å². The van der Waals surface area contributed by atoms with Crippen molar-refractivity contribution in [3.05, 3.63) is 238 Å². The number of quaternary nitrogens is 2. The Labute approximate surface area is 369 Å². The normalized spacial score (nSPS) is 30.3. The van der Waals surface area contributed by atoms with Gasteiger partial charge in [0.05, 0.1) is 63.7 Å². The minimum absolute atomic E-state index is 0.0246. The number of nitrogens with zero attached hydrogens (tertiary/aromatic N) is 2. The molecule has 0 amide bonds. The number of fused-ring (bicyclic) bond motifs is 2. The van der Waals surface area contributed by atoms with E-state index in [2.05, 4.69) is 222 Å². The molecule has 316 valence electrons. The highest BCUT2D eigenvalue weighted by Crippen LogP contribution is 2.54. The predicted molar refractivity (Wildman–Crippen MR) is 252 cm³/mol. The Morgan fingerprint density at radius 2 is 0.629 bits per heavy atom. The Kier molecular flexibility index (Phi) is 12.1. The van der Waals surface area contributed by atoms with Crippen molar-refractivity contribution in [2.75, 3.05) is 26.2 Å². The van der Waals surface area contributed by atoms with E-state index in [-0.39, 0.29) is 24.4 Å². The number of hydrogen-bond acceptors (Lipinski definition) is 4. The van der Waals surface area contributed by atoms with Gasteiger partial charge in [-0.2, -0.15) is 0 Å². The highest BCUT2D eigenvalue weighted by molar-refractivity contribution is 6.69. The van der Waals surface area contributed by atoms with Gasteiger partial charge in [-0.25, -0.2) is 0 Å². The molecule has 0 spiro atoms. The number of hydrogen-bond donors (Lipinski definition) is 0. The summed E-state index contributed by atoms with van der Waals surface area (Å²) in [5.41, 5.74) is 9.97. The van der Waals surface area contributed by atoms with Crippen molar-refractivity contribution >= 4 is 13.4 Å². The van der Waals surface area contributed by atoms with Gasteiger partial charge in [0.25, 0.3) is 0 Å². The fraction of sp³-hybridized carbons (Fsp3) is 0.259. The molecule has 0 bridgehead atoms. The van der Waals surface area contributed by atoms with Crippen LogP contribution in [0.25, 0.3) is 0 Å². The van der Waals surface area contributed by atoms with E-state index < -0.39 is 13.4 Å². The summed E-state index contributed by atoms with van der Waals surface area (Å²) in [6.45, 7) is 10.7. The molecule has 0 unspecified atom stereocenters. The molecule has 0 saturated carbocycles. The molecule has 10 rings (SSSR count). The molecule has 62 heavy (non-hydrogen) atoms. The molecule has 6 aromatic rings. The monoisotopic (exact) mass is 822 g/mol. The highest BCUT2D eigenvalue weighted by atomic mass is 16.7. The SMILES string of the molecule is C/C=C(/C)[B-]12O[C@H](c3ccccc3)C[N+]1(Cc1ccccc1)C[C@@H](c1ccccc1)O2.C/C=C(/C)[B-]12O[C@H](c3ccccc3)C[N+]1(Cc1ccccc1)C[C@@H](c1ccccc1)O2. The second-order valence-corrected chi connectivity index (χ2v) is 18.0. The van der Waals surface area contributed by atoms with E-state index in [1.54, 1.807) is 0 Å². The van der Waals surface area contributed by atoms with Crippen LogP contribution in [0.2, 0.25) is 0 Å². The molecule has 4 atom stereocenters. The second-order valence-electron chi connectivity index (χ2n) is 18.0. The summed E-state index contributed by atoms with van der Waals surface area (Å²) >= 11 is 0. The van der Waals surface area contributed by atoms with Crippen LogP contribution in [0.3, 0.4) is 0 Å². The molecule has 6 nitrogen and oxygen atoms in total. The van der Waals surface area contributed by atoms with E-state index >= 15 is 0 Å². The van der Waals surface area contributed by atoms with Crippen LogP contribution in [-0.2, 0) is 31.7 Å². The first-order valence-electron chi connectivity index (χ1n) is 22.6. The quantitative estimate of drug-likeness (QED) is 0.129. The largest absolute Gasteiger partial charge is 0.500 e. The maximum Gasteiger partial charge on any atom is 0.499 e. The second kappa shape index (κ2) is 17.8. The summed E-state index contributed by atoms with van der Waals surface area (Å²) < 4.78 is 29.5. The van der Waals surface area contributed by atoms with Gasteiger partial charge in [0.15, 0.2) is 0 Å². The van der Waals surface area contributed by atoms with Crippen LogP contribution < -0.4 is 0 Å². The summed E-state index contributed by atoms with van der Waals surface area (Å²) in [6.07, 6.45) is 4.46. The maximum atomic E-state index is 6.98. The lowest BCUT2D eigenvalue weighted by Crippen LogP contribution is -2.62. The molecule has 0 N–H and O–H groups in total. The van der Waals surface area contributed by atoms with Gasteiger partial charge in [0, 0.05) is 11.1 Å². The first-order chi connectivity index (χ1) is 30.3. The minimum Gasteiger partial charge on any atom is -0.500 e. The smallest absolute Gasteiger partial charge is 0.499 e. The molecule has 4 heterocycles. The standard InChI is InChI=1S/2C27H30BNO2/c2*1-3-22(2)28-29(19-23-13-7-4-8-14-23,20-26(30-28)24-15-9-5-10-16-24)21-27(31-28)25-17-11-6-12-18-25/h2*3-18,26-27H,19-21H2,1-2H3/b2*22-3-/t2*26-,27-,28?,29?/m00/s1. The van der Waals surface area contributed by atoms with Gasteiger partial charge in [-0.1, -0.05) is 196 Å². The zero-order valence-electron chi connectivity index (χ0n) is 36.7. The minimum atomic E-state index is -1.66.